The highest BCUT2D eigenvalue weighted by atomic mass is 16.3. The zero-order valence-electron chi connectivity index (χ0n) is 12.0. The molecule has 0 radical (unpaired) electrons. The molecule has 1 heterocycles. The molecule has 0 aromatic carbocycles. The van der Waals surface area contributed by atoms with Gasteiger partial charge < -0.3 is 15.0 Å². The van der Waals surface area contributed by atoms with E-state index in [2.05, 4.69) is 5.32 Å². The summed E-state index contributed by atoms with van der Waals surface area (Å²) >= 11 is 0. The number of aromatic nitrogens is 1. The number of rotatable bonds is 6. The van der Waals surface area contributed by atoms with Crippen LogP contribution in [0.25, 0.3) is 0 Å². The van der Waals surface area contributed by atoms with E-state index in [1.807, 2.05) is 6.92 Å². The van der Waals surface area contributed by atoms with Crippen molar-refractivity contribution in [2.24, 2.45) is 7.05 Å². The summed E-state index contributed by atoms with van der Waals surface area (Å²) in [6.45, 7) is 5.33. The van der Waals surface area contributed by atoms with Gasteiger partial charge in [0, 0.05) is 25.4 Å². The van der Waals surface area contributed by atoms with Gasteiger partial charge in [-0.3, -0.25) is 9.59 Å². The summed E-state index contributed by atoms with van der Waals surface area (Å²) in [7, 11) is 1.71. The van der Waals surface area contributed by atoms with Crippen LogP contribution in [-0.2, 0) is 7.05 Å². The van der Waals surface area contributed by atoms with Crippen molar-refractivity contribution >= 4 is 11.7 Å². The summed E-state index contributed by atoms with van der Waals surface area (Å²) in [5, 5.41) is 12.7. The summed E-state index contributed by atoms with van der Waals surface area (Å²) in [6, 6.07) is 1.56. The van der Waals surface area contributed by atoms with Gasteiger partial charge in [0.05, 0.1) is 5.60 Å². The third-order valence-electron chi connectivity index (χ3n) is 3.06. The number of carbonyl (C=O) groups is 2. The zero-order chi connectivity index (χ0) is 14.6. The van der Waals surface area contributed by atoms with Gasteiger partial charge in [-0.2, -0.15) is 0 Å². The minimum Gasteiger partial charge on any atom is -0.388 e. The van der Waals surface area contributed by atoms with Crippen LogP contribution in [0.2, 0.25) is 0 Å². The second kappa shape index (κ2) is 6.02. The fraction of sp³-hybridized carbons (Fsp3) is 0.571. The second-order valence-electron chi connectivity index (χ2n) is 5.21. The van der Waals surface area contributed by atoms with Crippen molar-refractivity contribution in [3.05, 3.63) is 23.5 Å². The van der Waals surface area contributed by atoms with E-state index in [0.29, 0.717) is 17.7 Å². The van der Waals surface area contributed by atoms with Crippen LogP contribution in [-0.4, -0.2) is 33.5 Å². The number of aliphatic hydroxyl groups is 1. The highest BCUT2D eigenvalue weighted by molar-refractivity contribution is 5.99. The van der Waals surface area contributed by atoms with Crippen LogP contribution in [0.3, 0.4) is 0 Å². The van der Waals surface area contributed by atoms with E-state index in [0.717, 1.165) is 6.42 Å². The van der Waals surface area contributed by atoms with Gasteiger partial charge in [0.25, 0.3) is 5.91 Å². The van der Waals surface area contributed by atoms with Crippen molar-refractivity contribution in [1.29, 1.82) is 0 Å². The smallest absolute Gasteiger partial charge is 0.268 e. The van der Waals surface area contributed by atoms with E-state index < -0.39 is 5.60 Å². The van der Waals surface area contributed by atoms with Crippen molar-refractivity contribution in [3.63, 3.8) is 0 Å². The Hall–Kier alpha value is -1.62. The van der Waals surface area contributed by atoms with Gasteiger partial charge in [0.15, 0.2) is 5.78 Å². The summed E-state index contributed by atoms with van der Waals surface area (Å²) in [5.74, 6) is -0.362. The molecule has 0 aliphatic carbocycles. The van der Waals surface area contributed by atoms with Gasteiger partial charge in [-0.05, 0) is 26.3 Å². The fourth-order valence-corrected chi connectivity index (χ4v) is 1.97. The highest BCUT2D eigenvalue weighted by Crippen LogP contribution is 2.12. The Labute approximate surface area is 113 Å². The highest BCUT2D eigenvalue weighted by Gasteiger charge is 2.21. The summed E-state index contributed by atoms with van der Waals surface area (Å²) in [6.07, 6.45) is 3.10. The number of nitrogens with one attached hydrogen (secondary N) is 1. The number of hydrogen-bond acceptors (Lipinski definition) is 3. The first-order valence-corrected chi connectivity index (χ1v) is 6.44. The number of Topliss-reactive ketones (excluding diaryl/α,β-unsaturated/α-hetero) is 1. The molecule has 1 aromatic rings. The largest absolute Gasteiger partial charge is 0.388 e. The van der Waals surface area contributed by atoms with Crippen LogP contribution in [0, 0.1) is 0 Å². The molecule has 0 aliphatic rings. The molecule has 0 fully saturated rings. The molecule has 106 valence electrons. The fourth-order valence-electron chi connectivity index (χ4n) is 1.97. The maximum atomic E-state index is 12.0. The van der Waals surface area contributed by atoms with Gasteiger partial charge in [-0.25, -0.2) is 0 Å². The van der Waals surface area contributed by atoms with Gasteiger partial charge >= 0.3 is 0 Å². The molecule has 0 saturated heterocycles. The minimum absolute atomic E-state index is 0.0763. The molecule has 2 N–H and O–H groups in total. The molecule has 1 aromatic heterocycles. The topological polar surface area (TPSA) is 71.3 Å². The molecular formula is C14H22N2O3. The van der Waals surface area contributed by atoms with E-state index in [9.17, 15) is 14.7 Å². The summed E-state index contributed by atoms with van der Waals surface area (Å²) in [5.41, 5.74) is 0.0179. The van der Waals surface area contributed by atoms with E-state index >= 15 is 0 Å². The van der Waals surface area contributed by atoms with E-state index in [1.165, 1.54) is 6.92 Å². The van der Waals surface area contributed by atoms with Crippen LogP contribution in [0.4, 0.5) is 0 Å². The lowest BCUT2D eigenvalue weighted by Crippen LogP contribution is -2.40. The maximum Gasteiger partial charge on any atom is 0.268 e. The van der Waals surface area contributed by atoms with Crippen molar-refractivity contribution in [3.8, 4) is 0 Å². The molecule has 19 heavy (non-hydrogen) atoms. The Morgan fingerprint density at radius 2 is 2.11 bits per heavy atom. The first-order chi connectivity index (χ1) is 8.76. The van der Waals surface area contributed by atoms with Gasteiger partial charge in [0.1, 0.15) is 5.69 Å². The molecule has 0 spiro atoms. The van der Waals surface area contributed by atoms with E-state index in [1.54, 1.807) is 30.8 Å². The molecule has 1 atom stereocenters. The van der Waals surface area contributed by atoms with E-state index in [4.69, 9.17) is 0 Å². The molecular weight excluding hydrogens is 244 g/mol. The first kappa shape index (κ1) is 15.4. The summed E-state index contributed by atoms with van der Waals surface area (Å²) in [4.78, 5) is 23.2. The third-order valence-corrected chi connectivity index (χ3v) is 3.06. The maximum absolute atomic E-state index is 12.0. The minimum atomic E-state index is -0.904. The molecule has 0 bridgehead atoms. The first-order valence-electron chi connectivity index (χ1n) is 6.44. The Bertz CT molecular complexity index is 475. The quantitative estimate of drug-likeness (QED) is 0.767. The third kappa shape index (κ3) is 4.21. The Kier molecular flexibility index (Phi) is 4.89. The lowest BCUT2D eigenvalue weighted by Gasteiger charge is -2.22. The molecule has 5 nitrogen and oxygen atoms in total. The van der Waals surface area contributed by atoms with Crippen molar-refractivity contribution in [1.82, 2.24) is 9.88 Å². The number of aryl methyl sites for hydroxylation is 1. The number of ketones is 1. The monoisotopic (exact) mass is 266 g/mol. The molecule has 1 unspecified atom stereocenters. The van der Waals surface area contributed by atoms with E-state index in [-0.39, 0.29) is 18.2 Å². The van der Waals surface area contributed by atoms with Crippen molar-refractivity contribution < 1.29 is 14.7 Å². The molecule has 1 rings (SSSR count). The molecule has 0 aliphatic heterocycles. The van der Waals surface area contributed by atoms with Gasteiger partial charge in [-0.1, -0.05) is 13.3 Å². The average Bonchev–Trinajstić information content (AvgIpc) is 2.68. The van der Waals surface area contributed by atoms with Crippen molar-refractivity contribution in [2.75, 3.05) is 6.54 Å². The lowest BCUT2D eigenvalue weighted by molar-refractivity contribution is 0.0467. The standard InChI is InChI=1S/C14H22N2O3/c1-5-6-14(3,19)9-15-13(18)12-7-11(10(2)17)8-16(12)4/h7-8,19H,5-6,9H2,1-4H3,(H,15,18). The average molecular weight is 266 g/mol. The predicted octanol–water partition coefficient (Wildman–Crippen LogP) is 1.51. The molecule has 5 heteroatoms. The van der Waals surface area contributed by atoms with Crippen LogP contribution in [0.5, 0.6) is 0 Å². The molecule has 1 amide bonds. The molecule has 0 saturated carbocycles. The number of hydrogen-bond donors (Lipinski definition) is 2. The van der Waals surface area contributed by atoms with Crippen LogP contribution < -0.4 is 5.32 Å². The van der Waals surface area contributed by atoms with Crippen LogP contribution in [0.15, 0.2) is 12.3 Å². The number of nitrogens with zero attached hydrogens (tertiary/aromatic N) is 1. The normalized spacial score (nSPS) is 13.9. The Morgan fingerprint density at radius 1 is 1.47 bits per heavy atom. The second-order valence-corrected chi connectivity index (χ2v) is 5.21. The number of amides is 1. The number of carbonyl (C=O) groups excluding carboxylic acids is 2. The zero-order valence-corrected chi connectivity index (χ0v) is 12.0. The van der Waals surface area contributed by atoms with Gasteiger partial charge in [0.2, 0.25) is 0 Å². The van der Waals surface area contributed by atoms with Gasteiger partial charge in [-0.15, -0.1) is 0 Å². The Balaban J connectivity index is 2.71. The Morgan fingerprint density at radius 3 is 2.58 bits per heavy atom. The predicted molar refractivity (Wildman–Crippen MR) is 73.3 cm³/mol. The lowest BCUT2D eigenvalue weighted by atomic mass is 10.0. The van der Waals surface area contributed by atoms with Crippen LogP contribution >= 0.6 is 0 Å². The summed E-state index contributed by atoms with van der Waals surface area (Å²) < 4.78 is 1.61. The van der Waals surface area contributed by atoms with Crippen LogP contribution in [0.1, 0.15) is 54.5 Å². The van der Waals surface area contributed by atoms with Crippen molar-refractivity contribution in [2.45, 2.75) is 39.2 Å². The SMILES string of the molecule is CCCC(C)(O)CNC(=O)c1cc(C(C)=O)cn1C.